The summed E-state index contributed by atoms with van der Waals surface area (Å²) in [7, 11) is 0. The van der Waals surface area contributed by atoms with Crippen molar-refractivity contribution in [2.75, 3.05) is 0 Å². The Kier molecular flexibility index (Phi) is 2.72. The van der Waals surface area contributed by atoms with E-state index in [0.29, 0.717) is 12.0 Å². The lowest BCUT2D eigenvalue weighted by Crippen LogP contribution is -2.34. The smallest absolute Gasteiger partial charge is 0.00649 e. The number of allylic oxidation sites excluding steroid dienone is 1. The summed E-state index contributed by atoms with van der Waals surface area (Å²) < 4.78 is 0. The largest absolute Gasteiger partial charge is 0.327 e. The molecule has 0 spiro atoms. The molecule has 11 heavy (non-hydrogen) atoms. The number of nitrogens with two attached hydrogens (primary N) is 1. The second-order valence-corrected chi connectivity index (χ2v) is 4.00. The van der Waals surface area contributed by atoms with Gasteiger partial charge < -0.3 is 5.73 Å². The zero-order valence-corrected chi connectivity index (χ0v) is 7.64. The zero-order chi connectivity index (χ0) is 8.43. The lowest BCUT2D eigenvalue weighted by molar-refractivity contribution is 0.274. The molecule has 0 bridgehead atoms. The Balaban J connectivity index is 2.46. The molecule has 64 valence electrons. The van der Waals surface area contributed by atoms with Crippen molar-refractivity contribution < 1.29 is 0 Å². The van der Waals surface area contributed by atoms with Gasteiger partial charge in [-0.15, -0.1) is 0 Å². The maximum Gasteiger partial charge on any atom is 0.00649 e. The van der Waals surface area contributed by atoms with Crippen LogP contribution in [0.3, 0.4) is 0 Å². The summed E-state index contributed by atoms with van der Waals surface area (Å²) in [6.07, 6.45) is 3.68. The van der Waals surface area contributed by atoms with Crippen LogP contribution in [-0.2, 0) is 0 Å². The molecule has 0 saturated heterocycles. The zero-order valence-electron chi connectivity index (χ0n) is 7.64. The topological polar surface area (TPSA) is 26.0 Å². The first-order valence-corrected chi connectivity index (χ1v) is 4.52. The Hall–Kier alpha value is -0.300. The van der Waals surface area contributed by atoms with E-state index in [-0.39, 0.29) is 0 Å². The van der Waals surface area contributed by atoms with Crippen molar-refractivity contribution in [3.8, 4) is 0 Å². The van der Waals surface area contributed by atoms with Crippen LogP contribution in [0.1, 0.15) is 33.1 Å². The van der Waals surface area contributed by atoms with E-state index in [2.05, 4.69) is 20.4 Å². The molecule has 2 N–H and O–H groups in total. The van der Waals surface area contributed by atoms with Gasteiger partial charge in [-0.25, -0.2) is 0 Å². The average Bonchev–Trinajstić information content (AvgIpc) is 1.94. The Morgan fingerprint density at radius 1 is 1.45 bits per heavy atom. The van der Waals surface area contributed by atoms with E-state index in [9.17, 15) is 0 Å². The number of rotatable bonds is 1. The first-order chi connectivity index (χ1) is 5.11. The van der Waals surface area contributed by atoms with Crippen molar-refractivity contribution in [3.63, 3.8) is 0 Å². The standard InChI is InChI=1S/C10H19N/c1-7(2)9-4-5-10(11)8(3)6-9/h8-10H,1,4-6,11H2,2-3H3. The van der Waals surface area contributed by atoms with Crippen molar-refractivity contribution in [1.82, 2.24) is 0 Å². The van der Waals surface area contributed by atoms with E-state index in [4.69, 9.17) is 5.73 Å². The lowest BCUT2D eigenvalue weighted by Gasteiger charge is -2.32. The van der Waals surface area contributed by atoms with Crippen molar-refractivity contribution in [3.05, 3.63) is 12.2 Å². The molecule has 1 fully saturated rings. The second-order valence-electron chi connectivity index (χ2n) is 4.00. The van der Waals surface area contributed by atoms with Gasteiger partial charge in [0.25, 0.3) is 0 Å². The van der Waals surface area contributed by atoms with Gasteiger partial charge in [-0.05, 0) is 38.0 Å². The summed E-state index contributed by atoms with van der Waals surface area (Å²) in [5.74, 6) is 1.43. The van der Waals surface area contributed by atoms with Crippen LogP contribution in [0.2, 0.25) is 0 Å². The molecular formula is C10H19N. The quantitative estimate of drug-likeness (QED) is 0.575. The van der Waals surface area contributed by atoms with Gasteiger partial charge in [0.15, 0.2) is 0 Å². The van der Waals surface area contributed by atoms with Gasteiger partial charge in [0, 0.05) is 6.04 Å². The highest BCUT2D eigenvalue weighted by molar-refractivity contribution is 4.99. The fourth-order valence-corrected chi connectivity index (χ4v) is 1.87. The second kappa shape index (κ2) is 3.40. The number of hydrogen-bond acceptors (Lipinski definition) is 1. The predicted octanol–water partition coefficient (Wildman–Crippen LogP) is 2.33. The highest BCUT2D eigenvalue weighted by Gasteiger charge is 2.24. The molecule has 0 aromatic heterocycles. The summed E-state index contributed by atoms with van der Waals surface area (Å²) in [4.78, 5) is 0. The van der Waals surface area contributed by atoms with E-state index in [1.54, 1.807) is 0 Å². The average molecular weight is 153 g/mol. The lowest BCUT2D eigenvalue weighted by atomic mass is 9.77. The van der Waals surface area contributed by atoms with Crippen LogP contribution in [0, 0.1) is 11.8 Å². The third-order valence-electron chi connectivity index (χ3n) is 2.93. The first-order valence-electron chi connectivity index (χ1n) is 4.52. The molecule has 0 radical (unpaired) electrons. The van der Waals surface area contributed by atoms with Crippen molar-refractivity contribution >= 4 is 0 Å². The van der Waals surface area contributed by atoms with Crippen molar-refractivity contribution in [2.24, 2.45) is 17.6 Å². The summed E-state index contributed by atoms with van der Waals surface area (Å²) >= 11 is 0. The Bertz CT molecular complexity index is 151. The Morgan fingerprint density at radius 2 is 2.09 bits per heavy atom. The molecule has 1 aliphatic carbocycles. The SMILES string of the molecule is C=C(C)C1CCC(N)C(C)C1. The maximum absolute atomic E-state index is 5.91. The van der Waals surface area contributed by atoms with E-state index < -0.39 is 0 Å². The van der Waals surface area contributed by atoms with Gasteiger partial charge in [-0.3, -0.25) is 0 Å². The van der Waals surface area contributed by atoms with Crippen LogP contribution in [-0.4, -0.2) is 6.04 Å². The van der Waals surface area contributed by atoms with Crippen LogP contribution in [0.4, 0.5) is 0 Å². The molecule has 0 aromatic carbocycles. The van der Waals surface area contributed by atoms with Gasteiger partial charge >= 0.3 is 0 Å². The van der Waals surface area contributed by atoms with Crippen LogP contribution in [0.25, 0.3) is 0 Å². The summed E-state index contributed by atoms with van der Waals surface area (Å²) in [6.45, 7) is 8.38. The van der Waals surface area contributed by atoms with Gasteiger partial charge in [0.1, 0.15) is 0 Å². The molecule has 3 unspecified atom stereocenters. The third-order valence-corrected chi connectivity index (χ3v) is 2.93. The molecule has 3 atom stereocenters. The highest BCUT2D eigenvalue weighted by Crippen LogP contribution is 2.31. The molecular weight excluding hydrogens is 134 g/mol. The van der Waals surface area contributed by atoms with Crippen molar-refractivity contribution in [2.45, 2.75) is 39.2 Å². The van der Waals surface area contributed by atoms with Crippen molar-refractivity contribution in [1.29, 1.82) is 0 Å². The monoisotopic (exact) mass is 153 g/mol. The molecule has 0 heterocycles. The maximum atomic E-state index is 5.91. The van der Waals surface area contributed by atoms with E-state index in [0.717, 1.165) is 5.92 Å². The fourth-order valence-electron chi connectivity index (χ4n) is 1.87. The van der Waals surface area contributed by atoms with Gasteiger partial charge in [0.05, 0.1) is 0 Å². The molecule has 1 aliphatic rings. The molecule has 0 aromatic rings. The summed E-state index contributed by atoms with van der Waals surface area (Å²) in [6, 6.07) is 0.436. The van der Waals surface area contributed by atoms with Gasteiger partial charge in [-0.2, -0.15) is 0 Å². The van der Waals surface area contributed by atoms with Crippen LogP contribution >= 0.6 is 0 Å². The Morgan fingerprint density at radius 3 is 2.55 bits per heavy atom. The van der Waals surface area contributed by atoms with Crippen LogP contribution in [0.5, 0.6) is 0 Å². The number of hydrogen-bond donors (Lipinski definition) is 1. The minimum absolute atomic E-state index is 0.436. The van der Waals surface area contributed by atoms with E-state index >= 15 is 0 Å². The molecule has 1 heteroatoms. The Labute approximate surface area is 69.7 Å². The molecule has 1 nitrogen and oxygen atoms in total. The first kappa shape index (κ1) is 8.79. The predicted molar refractivity (Wildman–Crippen MR) is 49.3 cm³/mol. The van der Waals surface area contributed by atoms with E-state index in [1.165, 1.54) is 24.8 Å². The van der Waals surface area contributed by atoms with Crippen LogP contribution in [0.15, 0.2) is 12.2 Å². The third kappa shape index (κ3) is 2.06. The summed E-state index contributed by atoms with van der Waals surface area (Å²) in [5.41, 5.74) is 7.25. The van der Waals surface area contributed by atoms with Gasteiger partial charge in [-0.1, -0.05) is 19.1 Å². The highest BCUT2D eigenvalue weighted by atomic mass is 14.7. The summed E-state index contributed by atoms with van der Waals surface area (Å²) in [5, 5.41) is 0. The molecule has 0 amide bonds. The van der Waals surface area contributed by atoms with Gasteiger partial charge in [0.2, 0.25) is 0 Å². The normalized spacial score (nSPS) is 38.6. The molecule has 1 rings (SSSR count). The fraction of sp³-hybridized carbons (Fsp3) is 0.800. The minimum Gasteiger partial charge on any atom is -0.327 e. The molecule has 1 saturated carbocycles. The van der Waals surface area contributed by atoms with Crippen LogP contribution < -0.4 is 5.73 Å². The van der Waals surface area contributed by atoms with E-state index in [1.807, 2.05) is 0 Å². The minimum atomic E-state index is 0.436. The molecule has 0 aliphatic heterocycles.